The normalized spacial score (nSPS) is 22.2. The predicted octanol–water partition coefficient (Wildman–Crippen LogP) is 3.97. The molecule has 1 unspecified atom stereocenters. The van der Waals surface area contributed by atoms with Gasteiger partial charge in [-0.05, 0) is 36.1 Å². The average molecular weight is 328 g/mol. The number of carbonyl (C=O) groups is 1. The van der Waals surface area contributed by atoms with Crippen molar-refractivity contribution >= 4 is 21.8 Å². The number of rotatable bonds is 1. The Kier molecular flexibility index (Phi) is 2.55. The van der Waals surface area contributed by atoms with E-state index >= 15 is 0 Å². The van der Waals surface area contributed by atoms with E-state index in [0.29, 0.717) is 0 Å². The Morgan fingerprint density at radius 1 is 1.05 bits per heavy atom. The smallest absolute Gasteiger partial charge is 0.252 e. The van der Waals surface area contributed by atoms with Gasteiger partial charge in [-0.1, -0.05) is 52.3 Å². The molecule has 1 amide bonds. The van der Waals surface area contributed by atoms with E-state index in [-0.39, 0.29) is 17.4 Å². The highest BCUT2D eigenvalue weighted by molar-refractivity contribution is 9.10. The van der Waals surface area contributed by atoms with Crippen LogP contribution in [0.2, 0.25) is 0 Å². The molecular weight excluding hydrogens is 314 g/mol. The van der Waals surface area contributed by atoms with Gasteiger partial charge in [-0.15, -0.1) is 0 Å². The highest BCUT2D eigenvalue weighted by Gasteiger charge is 2.55. The summed E-state index contributed by atoms with van der Waals surface area (Å²) in [7, 11) is 0. The molecular formula is C17H14BrNO. The van der Waals surface area contributed by atoms with E-state index in [9.17, 15) is 4.79 Å². The van der Waals surface area contributed by atoms with Crippen molar-refractivity contribution in [1.82, 2.24) is 5.32 Å². The summed E-state index contributed by atoms with van der Waals surface area (Å²) in [4.78, 5) is 12.4. The van der Waals surface area contributed by atoms with Gasteiger partial charge >= 0.3 is 0 Å². The van der Waals surface area contributed by atoms with Crippen molar-refractivity contribution in [3.8, 4) is 0 Å². The second-order valence-electron chi connectivity index (χ2n) is 5.63. The number of benzene rings is 2. The molecule has 2 nitrogen and oxygen atoms in total. The minimum atomic E-state index is 0.0406. The molecule has 2 aliphatic rings. The Morgan fingerprint density at radius 3 is 2.50 bits per heavy atom. The molecule has 20 heavy (non-hydrogen) atoms. The highest BCUT2D eigenvalue weighted by atomic mass is 79.9. The molecule has 1 saturated carbocycles. The summed E-state index contributed by atoms with van der Waals surface area (Å²) in [5.74, 6) is 0.0406. The molecule has 0 saturated heterocycles. The minimum Gasteiger partial charge on any atom is -0.344 e. The maximum absolute atomic E-state index is 12.4. The van der Waals surface area contributed by atoms with Crippen LogP contribution in [0, 0.1) is 0 Å². The zero-order valence-corrected chi connectivity index (χ0v) is 12.5. The molecule has 3 heteroatoms. The van der Waals surface area contributed by atoms with Gasteiger partial charge in [0.1, 0.15) is 0 Å². The summed E-state index contributed by atoms with van der Waals surface area (Å²) in [6.45, 7) is 0. The zero-order chi connectivity index (χ0) is 13.7. The molecule has 0 bridgehead atoms. The van der Waals surface area contributed by atoms with Crippen molar-refractivity contribution < 1.29 is 4.79 Å². The van der Waals surface area contributed by atoms with Gasteiger partial charge in [-0.2, -0.15) is 0 Å². The average Bonchev–Trinajstić information content (AvgIpc) is 3.26. The van der Waals surface area contributed by atoms with E-state index in [1.54, 1.807) is 0 Å². The summed E-state index contributed by atoms with van der Waals surface area (Å²) in [5, 5.41) is 3.21. The standard InChI is InChI=1S/C17H14BrNO/c18-14-8-4-2-6-12(14)15-17(9-10-17)13-7-3-1-5-11(13)16(20)19-15/h1-8,15H,9-10H2,(H,19,20). The molecule has 1 heterocycles. The Morgan fingerprint density at radius 2 is 1.75 bits per heavy atom. The Labute approximate surface area is 126 Å². The fourth-order valence-electron chi connectivity index (χ4n) is 3.40. The number of carbonyl (C=O) groups excluding carboxylic acids is 1. The van der Waals surface area contributed by atoms with Crippen molar-refractivity contribution in [1.29, 1.82) is 0 Å². The van der Waals surface area contributed by atoms with Crippen molar-refractivity contribution in [2.45, 2.75) is 24.3 Å². The lowest BCUT2D eigenvalue weighted by Gasteiger charge is -2.35. The second kappa shape index (κ2) is 4.19. The minimum absolute atomic E-state index is 0.0406. The quantitative estimate of drug-likeness (QED) is 0.843. The number of hydrogen-bond acceptors (Lipinski definition) is 1. The van der Waals surface area contributed by atoms with Gasteiger partial charge in [0.15, 0.2) is 0 Å². The van der Waals surface area contributed by atoms with E-state index in [2.05, 4.69) is 33.4 Å². The van der Waals surface area contributed by atoms with Crippen LogP contribution in [-0.2, 0) is 5.41 Å². The Hall–Kier alpha value is -1.61. The van der Waals surface area contributed by atoms with Gasteiger partial charge in [0.2, 0.25) is 0 Å². The van der Waals surface area contributed by atoms with Crippen LogP contribution in [0.3, 0.4) is 0 Å². The first-order chi connectivity index (χ1) is 9.72. The van der Waals surface area contributed by atoms with Crippen LogP contribution in [0.15, 0.2) is 53.0 Å². The van der Waals surface area contributed by atoms with E-state index in [1.165, 1.54) is 11.1 Å². The molecule has 1 aliphatic carbocycles. The van der Waals surface area contributed by atoms with Gasteiger partial charge < -0.3 is 5.32 Å². The van der Waals surface area contributed by atoms with Gasteiger partial charge in [0.05, 0.1) is 6.04 Å². The molecule has 1 aliphatic heterocycles. The molecule has 1 atom stereocenters. The molecule has 2 aromatic carbocycles. The molecule has 4 rings (SSSR count). The van der Waals surface area contributed by atoms with Gasteiger partial charge in [-0.3, -0.25) is 4.79 Å². The van der Waals surface area contributed by atoms with Crippen LogP contribution in [0.5, 0.6) is 0 Å². The topological polar surface area (TPSA) is 29.1 Å². The van der Waals surface area contributed by atoms with Crippen molar-refractivity contribution in [2.24, 2.45) is 0 Å². The van der Waals surface area contributed by atoms with Crippen molar-refractivity contribution in [3.05, 3.63) is 69.7 Å². The van der Waals surface area contributed by atoms with Crippen LogP contribution in [0.1, 0.15) is 40.4 Å². The van der Waals surface area contributed by atoms with Crippen LogP contribution in [0.4, 0.5) is 0 Å². The third-order valence-corrected chi connectivity index (χ3v) is 5.26. The Bertz CT molecular complexity index is 706. The van der Waals surface area contributed by atoms with E-state index < -0.39 is 0 Å². The third-order valence-electron chi connectivity index (χ3n) is 4.54. The third kappa shape index (κ3) is 1.59. The molecule has 2 aromatic rings. The van der Waals surface area contributed by atoms with Crippen LogP contribution < -0.4 is 5.32 Å². The van der Waals surface area contributed by atoms with E-state index in [0.717, 1.165) is 22.9 Å². The number of hydrogen-bond donors (Lipinski definition) is 1. The predicted molar refractivity (Wildman–Crippen MR) is 81.7 cm³/mol. The summed E-state index contributed by atoms with van der Waals surface area (Å²) >= 11 is 3.62. The van der Waals surface area contributed by atoms with E-state index in [4.69, 9.17) is 0 Å². The van der Waals surface area contributed by atoms with Gasteiger partial charge in [0, 0.05) is 15.5 Å². The summed E-state index contributed by atoms with van der Waals surface area (Å²) < 4.78 is 1.07. The number of nitrogens with one attached hydrogen (secondary N) is 1. The molecule has 1 N–H and O–H groups in total. The fourth-order valence-corrected chi connectivity index (χ4v) is 3.91. The molecule has 1 spiro atoms. The Balaban J connectivity index is 1.89. The first-order valence-corrected chi connectivity index (χ1v) is 7.66. The number of fused-ring (bicyclic) bond motifs is 2. The molecule has 0 aromatic heterocycles. The lowest BCUT2D eigenvalue weighted by Crippen LogP contribution is -2.42. The van der Waals surface area contributed by atoms with Crippen LogP contribution in [0.25, 0.3) is 0 Å². The fraction of sp³-hybridized carbons (Fsp3) is 0.235. The molecule has 100 valence electrons. The largest absolute Gasteiger partial charge is 0.344 e. The zero-order valence-electron chi connectivity index (χ0n) is 10.9. The van der Waals surface area contributed by atoms with Crippen LogP contribution in [-0.4, -0.2) is 5.91 Å². The maximum Gasteiger partial charge on any atom is 0.252 e. The van der Waals surface area contributed by atoms with E-state index in [1.807, 2.05) is 36.4 Å². The van der Waals surface area contributed by atoms with Crippen LogP contribution >= 0.6 is 15.9 Å². The monoisotopic (exact) mass is 327 g/mol. The second-order valence-corrected chi connectivity index (χ2v) is 6.48. The lowest BCUT2D eigenvalue weighted by atomic mass is 9.78. The SMILES string of the molecule is O=C1NC(c2ccccc2Br)C2(CC2)c2ccccc21. The first-order valence-electron chi connectivity index (χ1n) is 6.87. The van der Waals surface area contributed by atoms with Gasteiger partial charge in [0.25, 0.3) is 5.91 Å². The van der Waals surface area contributed by atoms with Crippen molar-refractivity contribution in [3.63, 3.8) is 0 Å². The summed E-state index contributed by atoms with van der Waals surface area (Å²) in [5.41, 5.74) is 3.32. The summed E-state index contributed by atoms with van der Waals surface area (Å²) in [6.07, 6.45) is 2.27. The molecule has 1 fully saturated rings. The number of amides is 1. The first kappa shape index (κ1) is 12.2. The highest BCUT2D eigenvalue weighted by Crippen LogP contribution is 2.59. The number of halogens is 1. The molecule has 0 radical (unpaired) electrons. The lowest BCUT2D eigenvalue weighted by molar-refractivity contribution is 0.0909. The maximum atomic E-state index is 12.4. The van der Waals surface area contributed by atoms with Crippen molar-refractivity contribution in [2.75, 3.05) is 0 Å². The summed E-state index contributed by atoms with van der Waals surface area (Å²) in [6, 6.07) is 16.3. The van der Waals surface area contributed by atoms with Gasteiger partial charge in [-0.25, -0.2) is 0 Å².